The number of hydrogen-bond acceptors (Lipinski definition) is 13. The van der Waals surface area contributed by atoms with E-state index in [4.69, 9.17) is 14.6 Å². The molecule has 0 spiro atoms. The maximum atomic E-state index is 15.7. The van der Waals surface area contributed by atoms with E-state index in [1.807, 2.05) is 38.7 Å². The number of piperazine rings is 1. The lowest BCUT2D eigenvalue weighted by molar-refractivity contribution is -0.136. The van der Waals surface area contributed by atoms with Crippen molar-refractivity contribution in [2.75, 3.05) is 93.4 Å². The van der Waals surface area contributed by atoms with Gasteiger partial charge < -0.3 is 33.5 Å². The summed E-state index contributed by atoms with van der Waals surface area (Å²) in [6, 6.07) is 9.68. The molecule has 1 atom stereocenters. The number of carbonyl (C=O) groups excluding carboxylic acids is 5. The number of piperidine rings is 2. The number of carbonyl (C=O) groups is 5. The van der Waals surface area contributed by atoms with E-state index in [1.165, 1.54) is 0 Å². The number of nitrogens with one attached hydrogen (secondary N) is 1. The van der Waals surface area contributed by atoms with Crippen molar-refractivity contribution in [1.29, 1.82) is 0 Å². The Labute approximate surface area is 414 Å². The highest BCUT2D eigenvalue weighted by Gasteiger charge is 2.45. The van der Waals surface area contributed by atoms with Gasteiger partial charge in [0.1, 0.15) is 24.0 Å². The van der Waals surface area contributed by atoms with Gasteiger partial charge >= 0.3 is 0 Å². The van der Waals surface area contributed by atoms with Gasteiger partial charge in [0.2, 0.25) is 17.7 Å². The molecule has 376 valence electrons. The first-order valence-electron chi connectivity index (χ1n) is 25.3. The van der Waals surface area contributed by atoms with E-state index in [0.29, 0.717) is 98.9 Å². The van der Waals surface area contributed by atoms with Crippen LogP contribution in [-0.2, 0) is 32.1 Å². The number of halogens is 2. The Balaban J connectivity index is 0.750. The maximum absolute atomic E-state index is 15.7. The van der Waals surface area contributed by atoms with E-state index in [2.05, 4.69) is 29.7 Å². The van der Waals surface area contributed by atoms with Crippen molar-refractivity contribution in [1.82, 2.24) is 39.2 Å². The summed E-state index contributed by atoms with van der Waals surface area (Å²) in [6.45, 7) is 10.1. The monoisotopic (exact) mass is 985 g/mol. The summed E-state index contributed by atoms with van der Waals surface area (Å²) in [7, 11) is 0. The Hall–Kier alpha value is -6.93. The van der Waals surface area contributed by atoms with Gasteiger partial charge in [-0.15, -0.1) is 0 Å². The topological polar surface area (TPSA) is 170 Å². The molecule has 18 nitrogen and oxygen atoms in total. The molecule has 7 aliphatic heterocycles. The van der Waals surface area contributed by atoms with Crippen LogP contribution in [0.3, 0.4) is 0 Å². The highest BCUT2D eigenvalue weighted by atomic mass is 19.3. The molecular formula is C52H57F2N11O7. The number of rotatable bonds is 9. The minimum atomic E-state index is -2.80. The average Bonchev–Trinajstić information content (AvgIpc) is 4.09. The van der Waals surface area contributed by atoms with Crippen LogP contribution in [0.15, 0.2) is 55.0 Å². The zero-order valence-electron chi connectivity index (χ0n) is 40.2. The number of alkyl halides is 2. The Morgan fingerprint density at radius 2 is 1.60 bits per heavy atom. The molecule has 2 aromatic carbocycles. The molecule has 5 aromatic rings. The van der Waals surface area contributed by atoms with Crippen LogP contribution in [0.4, 0.5) is 31.7 Å². The summed E-state index contributed by atoms with van der Waals surface area (Å²) in [5, 5.41) is 7.47. The SMILES string of the molecule is CC(=O)N1CCc2c(c(N3CCOc4cc(-c5cc6nccn6cc5N5CCN(CC6CCN(c7ccc8c(c7)C(=O)N(C7CCC(=O)NC7=O)C8=O)CC6)CC5)c(C(F)F)cc43)nn2C2CCOCC2)C1. The summed E-state index contributed by atoms with van der Waals surface area (Å²) in [4.78, 5) is 80.1. The summed E-state index contributed by atoms with van der Waals surface area (Å²) < 4.78 is 47.4. The van der Waals surface area contributed by atoms with Gasteiger partial charge in [-0.2, -0.15) is 5.10 Å². The molecule has 4 fully saturated rings. The highest BCUT2D eigenvalue weighted by molar-refractivity contribution is 6.23. The summed E-state index contributed by atoms with van der Waals surface area (Å²) >= 11 is 0. The van der Waals surface area contributed by atoms with Gasteiger partial charge in [-0.25, -0.2) is 13.8 Å². The molecule has 0 saturated carbocycles. The van der Waals surface area contributed by atoms with Gasteiger partial charge in [-0.3, -0.25) is 43.8 Å². The van der Waals surface area contributed by atoms with Crippen molar-refractivity contribution >= 4 is 58.1 Å². The second kappa shape index (κ2) is 18.6. The van der Waals surface area contributed by atoms with Crippen LogP contribution in [0.5, 0.6) is 5.75 Å². The molecule has 12 rings (SSSR count). The van der Waals surface area contributed by atoms with Crippen molar-refractivity contribution in [2.45, 2.75) is 76.9 Å². The Kier molecular flexibility index (Phi) is 11.9. The van der Waals surface area contributed by atoms with Crippen LogP contribution in [0.2, 0.25) is 0 Å². The van der Waals surface area contributed by atoms with Crippen LogP contribution in [0.1, 0.15) is 95.5 Å². The number of ether oxygens (including phenoxy) is 2. The third-order valence-electron chi connectivity index (χ3n) is 16.0. The van der Waals surface area contributed by atoms with Crippen molar-refractivity contribution in [2.24, 2.45) is 5.92 Å². The third kappa shape index (κ3) is 8.21. The lowest BCUT2D eigenvalue weighted by Crippen LogP contribution is -2.54. The van der Waals surface area contributed by atoms with E-state index >= 15 is 8.78 Å². The first-order chi connectivity index (χ1) is 35.0. The van der Waals surface area contributed by atoms with Crippen molar-refractivity contribution in [3.05, 3.63) is 82.9 Å². The number of anilines is 4. The first kappa shape index (κ1) is 46.2. The van der Waals surface area contributed by atoms with Crippen LogP contribution >= 0.6 is 0 Å². The standard InChI is InChI=1S/C52H57F2N11O7/c1-31(66)61-14-8-41-40(29-61)49(57-65(41)33-9-21-71-22-10-33)63-20-23-72-45-26-36(38(48(53)54)25-43(45)63)37-27-46-55-11-15-62(46)30-44(37)60-18-16-58(17-19-60)28-32-6-12-59(13-7-32)34-2-3-35-39(24-34)52(70)64(51(35)69)42-4-5-47(67)56-50(42)68/h2-3,11,15,24-27,30,32-33,42,48H,4-10,12-14,16-23,28-29H2,1H3,(H,56,67,68). The van der Waals surface area contributed by atoms with Crippen LogP contribution in [-0.4, -0.2) is 148 Å². The number of amides is 5. The molecule has 72 heavy (non-hydrogen) atoms. The number of aromatic nitrogens is 4. The summed E-state index contributed by atoms with van der Waals surface area (Å²) in [6.07, 6.45) is 7.16. The molecule has 10 heterocycles. The smallest absolute Gasteiger partial charge is 0.264 e. The van der Waals surface area contributed by atoms with Crippen LogP contribution in [0, 0.1) is 5.92 Å². The first-order valence-corrected chi connectivity index (χ1v) is 25.3. The van der Waals surface area contributed by atoms with Gasteiger partial charge in [-0.05, 0) is 80.0 Å². The number of benzene rings is 2. The quantitative estimate of drug-likeness (QED) is 0.188. The molecule has 4 saturated heterocycles. The molecule has 3 aromatic heterocycles. The van der Waals surface area contributed by atoms with E-state index in [1.54, 1.807) is 37.4 Å². The predicted octanol–water partition coefficient (Wildman–Crippen LogP) is 5.36. The van der Waals surface area contributed by atoms with Gasteiger partial charge in [0.05, 0.1) is 41.6 Å². The number of nitrogens with zero attached hydrogens (tertiary/aromatic N) is 10. The number of imidazole rings is 1. The lowest BCUT2D eigenvalue weighted by atomic mass is 9.94. The normalized spacial score (nSPS) is 21.4. The fourth-order valence-electron chi connectivity index (χ4n) is 12.0. The Morgan fingerprint density at radius 1 is 0.806 bits per heavy atom. The molecule has 0 aliphatic carbocycles. The second-order valence-electron chi connectivity index (χ2n) is 20.1. The fraction of sp³-hybridized carbons (Fsp3) is 0.481. The molecule has 1 unspecified atom stereocenters. The minimum Gasteiger partial charge on any atom is -0.490 e. The Morgan fingerprint density at radius 3 is 2.36 bits per heavy atom. The summed E-state index contributed by atoms with van der Waals surface area (Å²) in [5.41, 5.74) is 6.40. The zero-order valence-corrected chi connectivity index (χ0v) is 40.2. The fourth-order valence-corrected chi connectivity index (χ4v) is 12.0. The van der Waals surface area contributed by atoms with Gasteiger partial charge in [0, 0.05) is 132 Å². The van der Waals surface area contributed by atoms with E-state index < -0.39 is 36.1 Å². The van der Waals surface area contributed by atoms with Crippen molar-refractivity contribution < 1.29 is 42.2 Å². The van der Waals surface area contributed by atoms with Gasteiger partial charge in [0.25, 0.3) is 18.2 Å². The van der Waals surface area contributed by atoms with Crippen LogP contribution in [0.25, 0.3) is 16.8 Å². The number of hydrogen-bond donors (Lipinski definition) is 1. The third-order valence-corrected chi connectivity index (χ3v) is 16.0. The molecule has 20 heteroatoms. The average molecular weight is 986 g/mol. The number of pyridine rings is 1. The van der Waals surface area contributed by atoms with E-state index in [9.17, 15) is 24.0 Å². The number of fused-ring (bicyclic) bond motifs is 4. The molecule has 5 amide bonds. The Bertz CT molecular complexity index is 3010. The molecule has 0 bridgehead atoms. The highest BCUT2D eigenvalue weighted by Crippen LogP contribution is 2.48. The van der Waals surface area contributed by atoms with Gasteiger partial charge in [-0.1, -0.05) is 0 Å². The van der Waals surface area contributed by atoms with Gasteiger partial charge in [0.15, 0.2) is 5.82 Å². The number of imide groups is 2. The minimum absolute atomic E-state index is 0.0137. The largest absolute Gasteiger partial charge is 0.490 e. The van der Waals surface area contributed by atoms with Crippen molar-refractivity contribution in [3.8, 4) is 16.9 Å². The maximum Gasteiger partial charge on any atom is 0.264 e. The molecular weight excluding hydrogens is 929 g/mol. The van der Waals surface area contributed by atoms with Crippen molar-refractivity contribution in [3.63, 3.8) is 0 Å². The molecule has 7 aliphatic rings. The van der Waals surface area contributed by atoms with E-state index in [-0.39, 0.29) is 41.5 Å². The lowest BCUT2D eigenvalue weighted by Gasteiger charge is -2.40. The summed E-state index contributed by atoms with van der Waals surface area (Å²) in [5.74, 6) is -0.449. The zero-order chi connectivity index (χ0) is 49.4. The predicted molar refractivity (Wildman–Crippen MR) is 261 cm³/mol. The second-order valence-corrected chi connectivity index (χ2v) is 20.1. The van der Waals surface area contributed by atoms with E-state index in [0.717, 1.165) is 85.9 Å². The van der Waals surface area contributed by atoms with Crippen LogP contribution < -0.4 is 24.8 Å². The molecule has 1 N–H and O–H groups in total. The molecule has 0 radical (unpaired) electrons.